The summed E-state index contributed by atoms with van der Waals surface area (Å²) in [6.07, 6.45) is 2.29. The second-order valence-corrected chi connectivity index (χ2v) is 7.90. The van der Waals surface area contributed by atoms with E-state index in [0.717, 1.165) is 43.0 Å². The fourth-order valence-corrected chi connectivity index (χ4v) is 3.74. The van der Waals surface area contributed by atoms with Gasteiger partial charge in [0.05, 0.1) is 5.69 Å². The topological polar surface area (TPSA) is 71.3 Å². The average Bonchev–Trinajstić information content (AvgIpc) is 3.14. The highest BCUT2D eigenvalue weighted by Crippen LogP contribution is 2.23. The summed E-state index contributed by atoms with van der Waals surface area (Å²) in [6, 6.07) is 18.1. The van der Waals surface area contributed by atoms with E-state index in [1.165, 1.54) is 5.69 Å². The third-order valence-electron chi connectivity index (χ3n) is 5.30. The average molecular weight is 419 g/mol. The monoisotopic (exact) mass is 418 g/mol. The van der Waals surface area contributed by atoms with Crippen molar-refractivity contribution in [1.82, 2.24) is 15.1 Å². The first kappa shape index (κ1) is 20.1. The van der Waals surface area contributed by atoms with Crippen LogP contribution in [0.4, 0.5) is 11.5 Å². The van der Waals surface area contributed by atoms with Crippen LogP contribution in [-0.4, -0.2) is 54.5 Å². The van der Waals surface area contributed by atoms with Crippen LogP contribution in [0.2, 0.25) is 5.02 Å². The largest absolute Gasteiger partial charge is 0.369 e. The van der Waals surface area contributed by atoms with Crippen molar-refractivity contribution in [3.63, 3.8) is 0 Å². The van der Waals surface area contributed by atoms with Gasteiger partial charge in [0.25, 0.3) is 0 Å². The number of aromatic nitrogens is 2. The molecule has 1 N–H and O–H groups in total. The number of halogens is 1. The highest BCUT2D eigenvalue weighted by Gasteiger charge is 2.14. The second-order valence-electron chi connectivity index (χ2n) is 7.46. The zero-order chi connectivity index (χ0) is 20.9. The number of aromatic amines is 1. The van der Waals surface area contributed by atoms with Gasteiger partial charge in [-0.3, -0.25) is 5.10 Å². The summed E-state index contributed by atoms with van der Waals surface area (Å²) in [5, 5.41) is 17.4. The Bertz CT molecular complexity index is 1070. The predicted molar refractivity (Wildman–Crippen MR) is 121 cm³/mol. The molecule has 0 spiro atoms. The van der Waals surface area contributed by atoms with Crippen molar-refractivity contribution >= 4 is 29.3 Å². The molecule has 0 aliphatic carbocycles. The van der Waals surface area contributed by atoms with Crippen LogP contribution < -0.4 is 4.90 Å². The van der Waals surface area contributed by atoms with E-state index in [1.807, 2.05) is 36.4 Å². The molecule has 0 saturated carbocycles. The van der Waals surface area contributed by atoms with Gasteiger partial charge >= 0.3 is 0 Å². The van der Waals surface area contributed by atoms with Crippen LogP contribution in [0.15, 0.2) is 53.5 Å². The third-order valence-corrected chi connectivity index (χ3v) is 5.54. The molecule has 30 heavy (non-hydrogen) atoms. The molecule has 2 heterocycles. The number of rotatable bonds is 5. The number of likely N-dealkylation sites (N-methyl/N-ethyl adjacent to an activating group) is 1. The van der Waals surface area contributed by atoms with Gasteiger partial charge < -0.3 is 9.80 Å². The first-order valence-electron chi connectivity index (χ1n) is 9.92. The lowest BCUT2D eigenvalue weighted by atomic mass is 10.1. The van der Waals surface area contributed by atoms with Crippen molar-refractivity contribution in [3.8, 4) is 6.07 Å². The zero-order valence-corrected chi connectivity index (χ0v) is 17.6. The highest BCUT2D eigenvalue weighted by atomic mass is 35.5. The first-order valence-corrected chi connectivity index (χ1v) is 10.3. The number of benzene rings is 2. The molecule has 7 heteroatoms. The lowest BCUT2D eigenvalue weighted by molar-refractivity contribution is 0.313. The molecule has 1 fully saturated rings. The third kappa shape index (κ3) is 4.70. The number of anilines is 1. The molecule has 1 aliphatic rings. The molecule has 4 rings (SSSR count). The minimum Gasteiger partial charge on any atom is -0.369 e. The molecule has 1 aromatic heterocycles. The van der Waals surface area contributed by atoms with Crippen molar-refractivity contribution in [2.45, 2.75) is 6.42 Å². The molecule has 152 valence electrons. The van der Waals surface area contributed by atoms with Gasteiger partial charge in [0, 0.05) is 49.5 Å². The van der Waals surface area contributed by atoms with E-state index < -0.39 is 0 Å². The molecule has 3 aromatic rings. The summed E-state index contributed by atoms with van der Waals surface area (Å²) >= 11 is 6.06. The van der Waals surface area contributed by atoms with Gasteiger partial charge in [-0.15, -0.1) is 0 Å². The Balaban J connectivity index is 1.46. The Morgan fingerprint density at radius 3 is 2.63 bits per heavy atom. The van der Waals surface area contributed by atoms with E-state index in [1.54, 1.807) is 6.21 Å². The molecular formula is C23H23ClN6. The Morgan fingerprint density at radius 2 is 1.93 bits per heavy atom. The Kier molecular flexibility index (Phi) is 6.12. The molecular weight excluding hydrogens is 396 g/mol. The van der Waals surface area contributed by atoms with Crippen molar-refractivity contribution in [3.05, 3.63) is 75.9 Å². The van der Waals surface area contributed by atoms with Gasteiger partial charge in [-0.2, -0.15) is 10.4 Å². The number of aliphatic imine (C=N–C) groups is 1. The molecule has 1 saturated heterocycles. The summed E-state index contributed by atoms with van der Waals surface area (Å²) in [5.41, 5.74) is 4.40. The molecule has 6 nitrogen and oxygen atoms in total. The summed E-state index contributed by atoms with van der Waals surface area (Å²) in [7, 11) is 2.15. The van der Waals surface area contributed by atoms with Crippen molar-refractivity contribution in [2.75, 3.05) is 38.1 Å². The smallest absolute Gasteiger partial charge is 0.191 e. The van der Waals surface area contributed by atoms with Crippen LogP contribution in [0.1, 0.15) is 22.4 Å². The van der Waals surface area contributed by atoms with Crippen LogP contribution in [0.3, 0.4) is 0 Å². The predicted octanol–water partition coefficient (Wildman–Crippen LogP) is 4.03. The van der Waals surface area contributed by atoms with Crippen LogP contribution in [0, 0.1) is 11.3 Å². The van der Waals surface area contributed by atoms with Gasteiger partial charge in [0.1, 0.15) is 11.6 Å². The Hall–Kier alpha value is -3.14. The minimum atomic E-state index is 0.401. The minimum absolute atomic E-state index is 0.401. The Morgan fingerprint density at radius 1 is 1.17 bits per heavy atom. The van der Waals surface area contributed by atoms with Gasteiger partial charge in [-0.05, 0) is 42.4 Å². The first-order chi connectivity index (χ1) is 14.6. The highest BCUT2D eigenvalue weighted by molar-refractivity contribution is 6.30. The molecule has 0 amide bonds. The van der Waals surface area contributed by atoms with Gasteiger partial charge in [0.2, 0.25) is 0 Å². The lowest BCUT2D eigenvalue weighted by Gasteiger charge is -2.34. The van der Waals surface area contributed by atoms with E-state index >= 15 is 0 Å². The van der Waals surface area contributed by atoms with Crippen LogP contribution in [0.25, 0.3) is 0 Å². The molecule has 2 aromatic carbocycles. The van der Waals surface area contributed by atoms with Crippen molar-refractivity contribution in [1.29, 1.82) is 5.26 Å². The van der Waals surface area contributed by atoms with Crippen LogP contribution in [0.5, 0.6) is 0 Å². The maximum absolute atomic E-state index is 9.60. The second kappa shape index (κ2) is 9.12. The molecule has 0 atom stereocenters. The van der Waals surface area contributed by atoms with E-state index in [0.29, 0.717) is 22.8 Å². The van der Waals surface area contributed by atoms with Gasteiger partial charge in [-0.1, -0.05) is 35.9 Å². The van der Waals surface area contributed by atoms with Gasteiger partial charge in [0.15, 0.2) is 5.82 Å². The number of nitriles is 1. The van der Waals surface area contributed by atoms with Crippen LogP contribution in [-0.2, 0) is 6.42 Å². The number of hydrogen-bond acceptors (Lipinski definition) is 5. The number of H-pyrrole nitrogens is 1. The number of nitrogens with one attached hydrogen (secondary N) is 1. The fraction of sp³-hybridized carbons (Fsp3) is 0.261. The van der Waals surface area contributed by atoms with Crippen molar-refractivity contribution in [2.24, 2.45) is 4.99 Å². The van der Waals surface area contributed by atoms with E-state index in [9.17, 15) is 5.26 Å². The van der Waals surface area contributed by atoms with E-state index in [4.69, 9.17) is 11.6 Å². The quantitative estimate of drug-likeness (QED) is 0.635. The summed E-state index contributed by atoms with van der Waals surface area (Å²) < 4.78 is 0. The maximum atomic E-state index is 9.60. The lowest BCUT2D eigenvalue weighted by Crippen LogP contribution is -2.44. The van der Waals surface area contributed by atoms with E-state index in [-0.39, 0.29) is 0 Å². The molecule has 0 bridgehead atoms. The SMILES string of the molecule is CN1CCN(c2ccc(C=Nc3n[nH]c(Cc4cccc(Cl)c4)c3C#N)cc2)CC1. The molecule has 0 radical (unpaired) electrons. The summed E-state index contributed by atoms with van der Waals surface area (Å²) in [5.74, 6) is 0.401. The molecule has 1 aliphatic heterocycles. The number of nitrogens with zero attached hydrogens (tertiary/aromatic N) is 5. The normalized spacial score (nSPS) is 14.9. The summed E-state index contributed by atoms with van der Waals surface area (Å²) in [4.78, 5) is 9.18. The molecule has 0 unspecified atom stereocenters. The van der Waals surface area contributed by atoms with E-state index in [2.05, 4.69) is 50.2 Å². The van der Waals surface area contributed by atoms with Crippen LogP contribution >= 0.6 is 11.6 Å². The summed E-state index contributed by atoms with van der Waals surface area (Å²) in [6.45, 7) is 4.24. The maximum Gasteiger partial charge on any atom is 0.191 e. The zero-order valence-electron chi connectivity index (χ0n) is 16.8. The Labute approximate surface area is 181 Å². The fourth-order valence-electron chi connectivity index (χ4n) is 3.53. The van der Waals surface area contributed by atoms with Gasteiger partial charge in [-0.25, -0.2) is 4.99 Å². The number of piperazine rings is 1. The van der Waals surface area contributed by atoms with Crippen molar-refractivity contribution < 1.29 is 0 Å². The standard InChI is InChI=1S/C23H23ClN6/c1-29-9-11-30(12-10-29)20-7-5-17(6-8-20)16-26-23-21(15-25)22(27-28-23)14-18-3-2-4-19(24)13-18/h2-8,13,16H,9-12,14H2,1H3,(H,27,28). The number of hydrogen-bond donors (Lipinski definition) is 1.